The molecule has 1 aromatic carbocycles. The van der Waals surface area contributed by atoms with Gasteiger partial charge in [0.1, 0.15) is 0 Å². The third-order valence-corrected chi connectivity index (χ3v) is 5.58. The molecule has 96 valence electrons. The molecule has 0 aromatic heterocycles. The molecule has 2 nitrogen and oxygen atoms in total. The Labute approximate surface area is 105 Å². The lowest BCUT2D eigenvalue weighted by Crippen LogP contribution is -2.37. The van der Waals surface area contributed by atoms with Gasteiger partial charge in [-0.1, -0.05) is 44.2 Å². The third kappa shape index (κ3) is 3.32. The molecule has 0 spiro atoms. The van der Waals surface area contributed by atoms with E-state index in [-0.39, 0.29) is 5.41 Å². The molecule has 0 fully saturated rings. The Morgan fingerprint density at radius 3 is 1.88 bits per heavy atom. The van der Waals surface area contributed by atoms with Gasteiger partial charge in [0.2, 0.25) is 0 Å². The van der Waals surface area contributed by atoms with E-state index in [1.807, 2.05) is 18.2 Å². The molecule has 0 heterocycles. The number of hydrogen-bond donors (Lipinski definition) is 0. The lowest BCUT2D eigenvalue weighted by molar-refractivity contribution is 0.406. The first kappa shape index (κ1) is 14.2. The van der Waals surface area contributed by atoms with Gasteiger partial charge in [-0.05, 0) is 31.2 Å². The molecule has 0 unspecified atom stereocenters. The minimum atomic E-state index is -3.04. The molecule has 17 heavy (non-hydrogen) atoms. The molecule has 0 radical (unpaired) electrons. The minimum Gasteiger partial charge on any atom is -0.229 e. The van der Waals surface area contributed by atoms with Crippen LogP contribution in [0.1, 0.15) is 39.7 Å². The van der Waals surface area contributed by atoms with E-state index in [9.17, 15) is 8.42 Å². The molecule has 0 aliphatic carbocycles. The zero-order valence-electron chi connectivity index (χ0n) is 11.3. The van der Waals surface area contributed by atoms with Crippen LogP contribution < -0.4 is 0 Å². The van der Waals surface area contributed by atoms with Crippen LogP contribution in [-0.4, -0.2) is 19.4 Å². The molecule has 1 aromatic rings. The summed E-state index contributed by atoms with van der Waals surface area (Å²) in [5.74, 6) is 0. The van der Waals surface area contributed by atoms with Crippen LogP contribution in [0.15, 0.2) is 30.3 Å². The Hall–Kier alpha value is -0.830. The highest BCUT2D eigenvalue weighted by Gasteiger charge is 2.37. The first-order valence-corrected chi connectivity index (χ1v) is 7.70. The van der Waals surface area contributed by atoms with Gasteiger partial charge in [0.05, 0.1) is 4.75 Å². The second kappa shape index (κ2) is 4.45. The normalized spacial score (nSPS) is 13.7. The number of rotatable bonds is 4. The van der Waals surface area contributed by atoms with Crippen LogP contribution in [0.2, 0.25) is 0 Å². The maximum Gasteiger partial charge on any atom is 0.152 e. The van der Waals surface area contributed by atoms with E-state index in [1.54, 1.807) is 13.8 Å². The molecule has 0 atom stereocenters. The molecular formula is C14H22O2S. The maximum atomic E-state index is 11.8. The molecular weight excluding hydrogens is 232 g/mol. The van der Waals surface area contributed by atoms with E-state index >= 15 is 0 Å². The van der Waals surface area contributed by atoms with Gasteiger partial charge in [0.15, 0.2) is 9.84 Å². The van der Waals surface area contributed by atoms with Crippen LogP contribution in [0.4, 0.5) is 0 Å². The number of hydrogen-bond acceptors (Lipinski definition) is 2. The fourth-order valence-electron chi connectivity index (χ4n) is 2.19. The van der Waals surface area contributed by atoms with Gasteiger partial charge in [0, 0.05) is 6.26 Å². The summed E-state index contributed by atoms with van der Waals surface area (Å²) in [5, 5.41) is 0. The van der Waals surface area contributed by atoms with Crippen molar-refractivity contribution in [3.63, 3.8) is 0 Å². The zero-order chi connectivity index (χ0) is 13.3. The molecule has 0 saturated carbocycles. The van der Waals surface area contributed by atoms with Crippen molar-refractivity contribution in [2.75, 3.05) is 6.26 Å². The summed E-state index contributed by atoms with van der Waals surface area (Å²) in [5.41, 5.74) is 1.03. The standard InChI is InChI=1S/C14H22O2S/c1-13(2,12-9-7-6-8-10-12)11-14(3,4)17(5,15)16/h6-10H,11H2,1-5H3. The average Bonchev–Trinajstić information content (AvgIpc) is 2.15. The highest BCUT2D eigenvalue weighted by atomic mass is 32.2. The fourth-order valence-corrected chi connectivity index (χ4v) is 2.81. The Morgan fingerprint density at radius 2 is 1.47 bits per heavy atom. The van der Waals surface area contributed by atoms with Crippen LogP contribution in [0, 0.1) is 0 Å². The monoisotopic (exact) mass is 254 g/mol. The van der Waals surface area contributed by atoms with E-state index in [2.05, 4.69) is 26.0 Å². The van der Waals surface area contributed by atoms with Gasteiger partial charge < -0.3 is 0 Å². The summed E-state index contributed by atoms with van der Waals surface area (Å²) in [4.78, 5) is 0. The molecule has 0 saturated heterocycles. The van der Waals surface area contributed by atoms with Gasteiger partial charge >= 0.3 is 0 Å². The highest BCUT2D eigenvalue weighted by molar-refractivity contribution is 7.92. The second-order valence-electron chi connectivity index (χ2n) is 5.96. The number of benzene rings is 1. The van der Waals surface area contributed by atoms with Gasteiger partial charge in [0.25, 0.3) is 0 Å². The fraction of sp³-hybridized carbons (Fsp3) is 0.571. The maximum absolute atomic E-state index is 11.8. The topological polar surface area (TPSA) is 34.1 Å². The molecule has 0 aliphatic heterocycles. The molecule has 1 rings (SSSR count). The van der Waals surface area contributed by atoms with Crippen LogP contribution in [0.25, 0.3) is 0 Å². The summed E-state index contributed by atoms with van der Waals surface area (Å²) in [6.07, 6.45) is 1.93. The third-order valence-electron chi connectivity index (χ3n) is 3.43. The van der Waals surface area contributed by atoms with Crippen LogP contribution >= 0.6 is 0 Å². The average molecular weight is 254 g/mol. The largest absolute Gasteiger partial charge is 0.229 e. The molecule has 0 aliphatic rings. The van der Waals surface area contributed by atoms with Gasteiger partial charge in [-0.15, -0.1) is 0 Å². The Kier molecular flexibility index (Phi) is 3.72. The van der Waals surface area contributed by atoms with Crippen molar-refractivity contribution in [1.29, 1.82) is 0 Å². The van der Waals surface area contributed by atoms with Crippen molar-refractivity contribution >= 4 is 9.84 Å². The molecule has 0 bridgehead atoms. The van der Waals surface area contributed by atoms with Gasteiger partial charge in [-0.2, -0.15) is 0 Å². The molecule has 0 amide bonds. The summed E-state index contributed by atoms with van der Waals surface area (Å²) in [6.45, 7) is 7.78. The van der Waals surface area contributed by atoms with E-state index in [0.29, 0.717) is 6.42 Å². The Bertz CT molecular complexity index is 470. The van der Waals surface area contributed by atoms with Crippen molar-refractivity contribution in [2.45, 2.75) is 44.3 Å². The smallest absolute Gasteiger partial charge is 0.152 e. The van der Waals surface area contributed by atoms with E-state index in [4.69, 9.17) is 0 Å². The van der Waals surface area contributed by atoms with Gasteiger partial charge in [-0.3, -0.25) is 0 Å². The Balaban J connectivity index is 3.03. The quantitative estimate of drug-likeness (QED) is 0.827. The predicted octanol–water partition coefficient (Wildman–Crippen LogP) is 3.18. The van der Waals surface area contributed by atoms with Crippen LogP contribution in [-0.2, 0) is 15.3 Å². The van der Waals surface area contributed by atoms with Gasteiger partial charge in [-0.25, -0.2) is 8.42 Å². The molecule has 0 N–H and O–H groups in total. The lowest BCUT2D eigenvalue weighted by atomic mass is 9.77. The first-order chi connectivity index (χ1) is 7.56. The van der Waals surface area contributed by atoms with Crippen LogP contribution in [0.3, 0.4) is 0 Å². The van der Waals surface area contributed by atoms with E-state index < -0.39 is 14.6 Å². The summed E-state index contributed by atoms with van der Waals surface area (Å²) < 4.78 is 22.8. The van der Waals surface area contributed by atoms with E-state index in [1.165, 1.54) is 11.8 Å². The lowest BCUT2D eigenvalue weighted by Gasteiger charge is -2.34. The van der Waals surface area contributed by atoms with Crippen molar-refractivity contribution in [2.24, 2.45) is 0 Å². The van der Waals surface area contributed by atoms with Crippen LogP contribution in [0.5, 0.6) is 0 Å². The predicted molar refractivity (Wildman–Crippen MR) is 73.0 cm³/mol. The zero-order valence-corrected chi connectivity index (χ0v) is 12.1. The Morgan fingerprint density at radius 1 is 1.00 bits per heavy atom. The molecule has 3 heteroatoms. The second-order valence-corrected chi connectivity index (χ2v) is 8.61. The summed E-state index contributed by atoms with van der Waals surface area (Å²) in [7, 11) is -3.04. The highest BCUT2D eigenvalue weighted by Crippen LogP contribution is 2.35. The summed E-state index contributed by atoms with van der Waals surface area (Å²) in [6, 6.07) is 10.1. The first-order valence-electron chi connectivity index (χ1n) is 5.81. The SMILES string of the molecule is CC(C)(CC(C)(C)S(C)(=O)=O)c1ccccc1. The number of sulfone groups is 1. The van der Waals surface area contributed by atoms with Crippen molar-refractivity contribution < 1.29 is 8.42 Å². The van der Waals surface area contributed by atoms with E-state index in [0.717, 1.165) is 0 Å². The van der Waals surface area contributed by atoms with Crippen molar-refractivity contribution in [3.05, 3.63) is 35.9 Å². The van der Waals surface area contributed by atoms with Crippen molar-refractivity contribution in [3.8, 4) is 0 Å². The summed E-state index contributed by atoms with van der Waals surface area (Å²) >= 11 is 0. The minimum absolute atomic E-state index is 0.145. The van der Waals surface area contributed by atoms with Crippen molar-refractivity contribution in [1.82, 2.24) is 0 Å².